The van der Waals surface area contributed by atoms with E-state index in [0.717, 1.165) is 6.54 Å². The van der Waals surface area contributed by atoms with Gasteiger partial charge in [0.05, 0.1) is 0 Å². The van der Waals surface area contributed by atoms with E-state index >= 15 is 0 Å². The van der Waals surface area contributed by atoms with Crippen LogP contribution >= 0.6 is 0 Å². The number of pyridine rings is 1. The highest BCUT2D eigenvalue weighted by Gasteiger charge is 2.15. The number of nitrogens with zero attached hydrogens (tertiary/aromatic N) is 2. The van der Waals surface area contributed by atoms with Gasteiger partial charge >= 0.3 is 0 Å². The molecular weight excluding hydrogens is 200 g/mol. The van der Waals surface area contributed by atoms with E-state index in [0.29, 0.717) is 5.56 Å². The van der Waals surface area contributed by atoms with Crippen molar-refractivity contribution in [2.75, 3.05) is 6.54 Å². The molecule has 0 aromatic carbocycles. The number of carbonyl (C=O) groups is 1. The maximum Gasteiger partial charge on any atom is 0.254 e. The zero-order valence-corrected chi connectivity index (χ0v) is 10.9. The molecule has 0 aliphatic rings. The Morgan fingerprint density at radius 2 is 1.81 bits per heavy atom. The lowest BCUT2D eigenvalue weighted by atomic mass is 10.2. The van der Waals surface area contributed by atoms with Gasteiger partial charge in [-0.1, -0.05) is 13.8 Å². The standard InChI is InChI=1S/C11H16N2O.C2H6/c1-4-13(9(2)3)11(14)10-5-7-12-8-6-10;1-2/h5-9H,4H2,1-3H3;1-2H3. The van der Waals surface area contributed by atoms with Crippen LogP contribution in [0.3, 0.4) is 0 Å². The van der Waals surface area contributed by atoms with Crippen molar-refractivity contribution in [3.63, 3.8) is 0 Å². The number of hydrogen-bond acceptors (Lipinski definition) is 2. The van der Waals surface area contributed by atoms with Crippen molar-refractivity contribution in [1.82, 2.24) is 9.88 Å². The Labute approximate surface area is 98.5 Å². The highest BCUT2D eigenvalue weighted by Crippen LogP contribution is 2.06. The summed E-state index contributed by atoms with van der Waals surface area (Å²) in [4.78, 5) is 17.6. The molecule has 3 nitrogen and oxygen atoms in total. The molecule has 0 aliphatic carbocycles. The van der Waals surface area contributed by atoms with Gasteiger partial charge in [0.25, 0.3) is 5.91 Å². The van der Waals surface area contributed by atoms with Crippen LogP contribution in [0.2, 0.25) is 0 Å². The van der Waals surface area contributed by atoms with E-state index in [1.54, 1.807) is 24.5 Å². The van der Waals surface area contributed by atoms with Crippen LogP contribution in [0.5, 0.6) is 0 Å². The van der Waals surface area contributed by atoms with Gasteiger partial charge in [-0.05, 0) is 32.9 Å². The van der Waals surface area contributed by atoms with Crippen molar-refractivity contribution in [2.45, 2.75) is 40.7 Å². The van der Waals surface area contributed by atoms with Gasteiger partial charge in [-0.25, -0.2) is 0 Å². The van der Waals surface area contributed by atoms with Gasteiger partial charge in [0, 0.05) is 30.5 Å². The van der Waals surface area contributed by atoms with Crippen LogP contribution in [0, 0.1) is 0 Å². The van der Waals surface area contributed by atoms with Gasteiger partial charge in [-0.15, -0.1) is 0 Å². The molecule has 0 fully saturated rings. The highest BCUT2D eigenvalue weighted by molar-refractivity contribution is 5.94. The van der Waals surface area contributed by atoms with Crippen LogP contribution in [0.4, 0.5) is 0 Å². The molecule has 1 rings (SSSR count). The normalized spacial score (nSPS) is 9.38. The molecule has 1 aromatic rings. The summed E-state index contributed by atoms with van der Waals surface area (Å²) in [6.07, 6.45) is 3.28. The lowest BCUT2D eigenvalue weighted by Gasteiger charge is -2.25. The topological polar surface area (TPSA) is 33.2 Å². The van der Waals surface area contributed by atoms with Crippen molar-refractivity contribution in [3.8, 4) is 0 Å². The highest BCUT2D eigenvalue weighted by atomic mass is 16.2. The Balaban J connectivity index is 0.00000106. The second-order valence-electron chi connectivity index (χ2n) is 3.42. The smallest absolute Gasteiger partial charge is 0.254 e. The first-order valence-corrected chi connectivity index (χ1v) is 5.87. The summed E-state index contributed by atoms with van der Waals surface area (Å²) in [5.41, 5.74) is 0.704. The fraction of sp³-hybridized carbons (Fsp3) is 0.538. The van der Waals surface area contributed by atoms with E-state index < -0.39 is 0 Å². The fourth-order valence-corrected chi connectivity index (χ4v) is 1.40. The van der Waals surface area contributed by atoms with Crippen LogP contribution < -0.4 is 0 Å². The molecule has 1 aromatic heterocycles. The molecule has 0 saturated carbocycles. The van der Waals surface area contributed by atoms with Crippen molar-refractivity contribution in [1.29, 1.82) is 0 Å². The van der Waals surface area contributed by atoms with Crippen molar-refractivity contribution in [3.05, 3.63) is 30.1 Å². The number of amides is 1. The molecule has 0 radical (unpaired) electrons. The fourth-order valence-electron chi connectivity index (χ4n) is 1.40. The van der Waals surface area contributed by atoms with E-state index in [1.807, 2.05) is 39.5 Å². The third-order valence-electron chi connectivity index (χ3n) is 2.15. The minimum absolute atomic E-state index is 0.0740. The third-order valence-corrected chi connectivity index (χ3v) is 2.15. The molecule has 0 bridgehead atoms. The Bertz CT molecular complexity index is 296. The Hall–Kier alpha value is -1.38. The Morgan fingerprint density at radius 3 is 2.19 bits per heavy atom. The quantitative estimate of drug-likeness (QED) is 0.787. The monoisotopic (exact) mass is 222 g/mol. The van der Waals surface area contributed by atoms with Gasteiger partial charge in [-0.2, -0.15) is 0 Å². The molecule has 3 heteroatoms. The molecule has 0 atom stereocenters. The van der Waals surface area contributed by atoms with E-state index in [2.05, 4.69) is 4.98 Å². The molecule has 0 N–H and O–H groups in total. The average Bonchev–Trinajstić information content (AvgIpc) is 2.33. The summed E-state index contributed by atoms with van der Waals surface area (Å²) in [6.45, 7) is 10.8. The van der Waals surface area contributed by atoms with Gasteiger partial charge in [0.15, 0.2) is 0 Å². The summed E-state index contributed by atoms with van der Waals surface area (Å²) in [5.74, 6) is 0.0740. The maximum absolute atomic E-state index is 11.9. The number of hydrogen-bond donors (Lipinski definition) is 0. The van der Waals surface area contributed by atoms with Crippen LogP contribution in [0.25, 0.3) is 0 Å². The minimum Gasteiger partial charge on any atom is -0.337 e. The van der Waals surface area contributed by atoms with Crippen LogP contribution in [-0.2, 0) is 0 Å². The maximum atomic E-state index is 11.9. The molecule has 90 valence electrons. The first kappa shape index (κ1) is 14.6. The molecule has 0 aliphatic heterocycles. The van der Waals surface area contributed by atoms with E-state index in [9.17, 15) is 4.79 Å². The SMILES string of the molecule is CC.CCN(C(=O)c1ccncc1)C(C)C. The van der Waals surface area contributed by atoms with Gasteiger partial charge in [0.1, 0.15) is 0 Å². The summed E-state index contributed by atoms with van der Waals surface area (Å²) < 4.78 is 0. The van der Waals surface area contributed by atoms with Crippen molar-refractivity contribution >= 4 is 5.91 Å². The third kappa shape index (κ3) is 4.01. The zero-order chi connectivity index (χ0) is 12.6. The molecule has 1 heterocycles. The molecule has 0 saturated heterocycles. The van der Waals surface area contributed by atoms with Gasteiger partial charge in [0.2, 0.25) is 0 Å². The first-order valence-electron chi connectivity index (χ1n) is 5.87. The minimum atomic E-state index is 0.0740. The molecule has 0 spiro atoms. The molecule has 16 heavy (non-hydrogen) atoms. The Kier molecular flexibility index (Phi) is 7.18. The number of carbonyl (C=O) groups excluding carboxylic acids is 1. The summed E-state index contributed by atoms with van der Waals surface area (Å²) in [7, 11) is 0. The summed E-state index contributed by atoms with van der Waals surface area (Å²) in [5, 5.41) is 0. The average molecular weight is 222 g/mol. The van der Waals surface area contributed by atoms with Crippen LogP contribution in [0.15, 0.2) is 24.5 Å². The van der Waals surface area contributed by atoms with Crippen molar-refractivity contribution < 1.29 is 4.79 Å². The van der Waals surface area contributed by atoms with Crippen LogP contribution in [0.1, 0.15) is 45.0 Å². The predicted octanol–water partition coefficient (Wildman–Crippen LogP) is 2.98. The number of aromatic nitrogens is 1. The van der Waals surface area contributed by atoms with E-state index in [-0.39, 0.29) is 11.9 Å². The lowest BCUT2D eigenvalue weighted by Crippen LogP contribution is -2.36. The van der Waals surface area contributed by atoms with Gasteiger partial charge in [-0.3, -0.25) is 9.78 Å². The number of rotatable bonds is 3. The molecule has 1 amide bonds. The van der Waals surface area contributed by atoms with Crippen molar-refractivity contribution in [2.24, 2.45) is 0 Å². The second kappa shape index (κ2) is 7.85. The van der Waals surface area contributed by atoms with Crippen LogP contribution in [-0.4, -0.2) is 28.4 Å². The second-order valence-corrected chi connectivity index (χ2v) is 3.42. The van der Waals surface area contributed by atoms with E-state index in [4.69, 9.17) is 0 Å². The molecule has 0 unspecified atom stereocenters. The van der Waals surface area contributed by atoms with Gasteiger partial charge < -0.3 is 4.90 Å². The first-order chi connectivity index (χ1) is 7.66. The predicted molar refractivity (Wildman–Crippen MR) is 67.4 cm³/mol. The largest absolute Gasteiger partial charge is 0.337 e. The van der Waals surface area contributed by atoms with E-state index in [1.165, 1.54) is 0 Å². The zero-order valence-electron chi connectivity index (χ0n) is 10.9. The summed E-state index contributed by atoms with van der Waals surface area (Å²) >= 11 is 0. The summed E-state index contributed by atoms with van der Waals surface area (Å²) in [6, 6.07) is 3.72. The molecular formula is C13H22N2O. The lowest BCUT2D eigenvalue weighted by molar-refractivity contribution is 0.0717. The Morgan fingerprint density at radius 1 is 1.31 bits per heavy atom.